The Morgan fingerprint density at radius 1 is 1.15 bits per heavy atom. The zero-order valence-corrected chi connectivity index (χ0v) is 19.8. The summed E-state index contributed by atoms with van der Waals surface area (Å²) in [5.74, 6) is 0.435. The SMILES string of the molecule is COCCCNC(=O)CN1CCN(C(=O)c2cc(-c3ccco3)n(-c3cccc(Cl)c3)n2)CC1. The topological polar surface area (TPSA) is 92.8 Å². The van der Waals surface area contributed by atoms with Gasteiger partial charge in [0, 0.05) is 57.5 Å². The van der Waals surface area contributed by atoms with Crippen molar-refractivity contribution in [3.8, 4) is 17.1 Å². The van der Waals surface area contributed by atoms with Crippen LogP contribution in [-0.2, 0) is 9.53 Å². The molecule has 1 N–H and O–H groups in total. The molecule has 2 amide bonds. The van der Waals surface area contributed by atoms with Crippen LogP contribution in [0.1, 0.15) is 16.9 Å². The highest BCUT2D eigenvalue weighted by molar-refractivity contribution is 6.30. The summed E-state index contributed by atoms with van der Waals surface area (Å²) in [4.78, 5) is 29.2. The molecule has 0 unspecified atom stereocenters. The lowest BCUT2D eigenvalue weighted by Crippen LogP contribution is -2.51. The Hall–Kier alpha value is -3.14. The van der Waals surface area contributed by atoms with Gasteiger partial charge in [0.25, 0.3) is 5.91 Å². The van der Waals surface area contributed by atoms with Crippen LogP contribution >= 0.6 is 11.6 Å². The highest BCUT2D eigenvalue weighted by Gasteiger charge is 2.26. The molecular formula is C24H28ClN5O4. The van der Waals surface area contributed by atoms with E-state index in [4.69, 9.17) is 20.8 Å². The van der Waals surface area contributed by atoms with Crippen LogP contribution in [0, 0.1) is 0 Å². The van der Waals surface area contributed by atoms with Crippen LogP contribution in [0.3, 0.4) is 0 Å². The van der Waals surface area contributed by atoms with Crippen molar-refractivity contribution in [2.75, 3.05) is 53.0 Å². The van der Waals surface area contributed by atoms with Gasteiger partial charge in [0.2, 0.25) is 5.91 Å². The number of hydrogen-bond acceptors (Lipinski definition) is 6. The summed E-state index contributed by atoms with van der Waals surface area (Å²) < 4.78 is 12.2. The van der Waals surface area contributed by atoms with Crippen molar-refractivity contribution >= 4 is 23.4 Å². The Labute approximate surface area is 203 Å². The van der Waals surface area contributed by atoms with Gasteiger partial charge in [-0.3, -0.25) is 14.5 Å². The van der Waals surface area contributed by atoms with E-state index in [0.29, 0.717) is 68.0 Å². The predicted molar refractivity (Wildman–Crippen MR) is 128 cm³/mol. The molecular weight excluding hydrogens is 458 g/mol. The number of nitrogens with one attached hydrogen (secondary N) is 1. The minimum absolute atomic E-state index is 0.0146. The fraction of sp³-hybridized carbons (Fsp3) is 0.375. The molecule has 1 fully saturated rings. The van der Waals surface area contributed by atoms with Crippen LogP contribution in [0.15, 0.2) is 53.1 Å². The van der Waals surface area contributed by atoms with Crippen LogP contribution in [0.2, 0.25) is 5.02 Å². The average molecular weight is 486 g/mol. The fourth-order valence-electron chi connectivity index (χ4n) is 3.86. The van der Waals surface area contributed by atoms with E-state index in [2.05, 4.69) is 10.4 Å². The Morgan fingerprint density at radius 3 is 2.68 bits per heavy atom. The van der Waals surface area contributed by atoms with Gasteiger partial charge in [0.05, 0.1) is 18.5 Å². The fourth-order valence-corrected chi connectivity index (χ4v) is 4.05. The molecule has 2 aromatic heterocycles. The maximum atomic E-state index is 13.2. The molecule has 0 saturated carbocycles. The van der Waals surface area contributed by atoms with Gasteiger partial charge in [0.1, 0.15) is 5.69 Å². The van der Waals surface area contributed by atoms with E-state index in [-0.39, 0.29) is 11.8 Å². The van der Waals surface area contributed by atoms with Crippen molar-refractivity contribution in [1.82, 2.24) is 24.9 Å². The summed E-state index contributed by atoms with van der Waals surface area (Å²) in [6.07, 6.45) is 2.37. The first-order chi connectivity index (χ1) is 16.5. The number of benzene rings is 1. The molecule has 0 aliphatic carbocycles. The van der Waals surface area contributed by atoms with Crippen molar-refractivity contribution in [3.05, 3.63) is 59.4 Å². The Bertz CT molecular complexity index is 1110. The van der Waals surface area contributed by atoms with Crippen molar-refractivity contribution in [2.45, 2.75) is 6.42 Å². The number of ether oxygens (including phenoxy) is 1. The molecule has 4 rings (SSSR count). The van der Waals surface area contributed by atoms with Crippen molar-refractivity contribution in [2.24, 2.45) is 0 Å². The summed E-state index contributed by atoms with van der Waals surface area (Å²) in [6, 6.07) is 12.6. The standard InChI is InChI=1S/C24H28ClN5O4/c1-33-13-4-8-26-23(31)17-28-9-11-29(12-10-28)24(32)20-16-21(22-7-3-14-34-22)30(27-20)19-6-2-5-18(25)15-19/h2-3,5-7,14-16H,4,8-13,17H2,1H3,(H,26,31). The number of carbonyl (C=O) groups is 2. The van der Waals surface area contributed by atoms with E-state index in [1.54, 1.807) is 47.2 Å². The number of nitrogens with zero attached hydrogens (tertiary/aromatic N) is 4. The third-order valence-electron chi connectivity index (χ3n) is 5.63. The molecule has 0 spiro atoms. The summed E-state index contributed by atoms with van der Waals surface area (Å²) in [6.45, 7) is 3.83. The Morgan fingerprint density at radius 2 is 1.97 bits per heavy atom. The smallest absolute Gasteiger partial charge is 0.274 e. The first kappa shape index (κ1) is 24.0. The molecule has 3 aromatic rings. The van der Waals surface area contributed by atoms with Gasteiger partial charge in [-0.25, -0.2) is 4.68 Å². The first-order valence-corrected chi connectivity index (χ1v) is 11.6. The first-order valence-electron chi connectivity index (χ1n) is 11.2. The van der Waals surface area contributed by atoms with Gasteiger partial charge in [-0.2, -0.15) is 5.10 Å². The summed E-state index contributed by atoms with van der Waals surface area (Å²) >= 11 is 6.18. The molecule has 0 atom stereocenters. The quantitative estimate of drug-likeness (QED) is 0.468. The van der Waals surface area contributed by atoms with E-state index < -0.39 is 0 Å². The number of methoxy groups -OCH3 is 1. The number of furan rings is 1. The molecule has 10 heteroatoms. The predicted octanol–water partition coefficient (Wildman–Crippen LogP) is 2.70. The number of hydrogen-bond donors (Lipinski definition) is 1. The molecule has 1 aliphatic rings. The van der Waals surface area contributed by atoms with Crippen LogP contribution in [0.5, 0.6) is 0 Å². The molecule has 0 bridgehead atoms. The molecule has 3 heterocycles. The van der Waals surface area contributed by atoms with Crippen LogP contribution < -0.4 is 5.32 Å². The van der Waals surface area contributed by atoms with Crippen molar-refractivity contribution in [3.63, 3.8) is 0 Å². The van der Waals surface area contributed by atoms with Crippen molar-refractivity contribution in [1.29, 1.82) is 0 Å². The highest BCUT2D eigenvalue weighted by Crippen LogP contribution is 2.26. The maximum Gasteiger partial charge on any atom is 0.274 e. The van der Waals surface area contributed by atoms with Crippen LogP contribution in [0.25, 0.3) is 17.1 Å². The minimum atomic E-state index is -0.155. The van der Waals surface area contributed by atoms with Gasteiger partial charge >= 0.3 is 0 Å². The molecule has 1 aliphatic heterocycles. The van der Waals surface area contributed by atoms with E-state index in [9.17, 15) is 9.59 Å². The van der Waals surface area contributed by atoms with E-state index in [1.807, 2.05) is 23.1 Å². The zero-order chi connectivity index (χ0) is 23.9. The summed E-state index contributed by atoms with van der Waals surface area (Å²) in [7, 11) is 1.64. The van der Waals surface area contributed by atoms with Gasteiger partial charge < -0.3 is 19.4 Å². The number of piperazine rings is 1. The molecule has 1 saturated heterocycles. The number of rotatable bonds is 9. The van der Waals surface area contributed by atoms with E-state index in [1.165, 1.54) is 0 Å². The normalized spacial score (nSPS) is 14.4. The second-order valence-electron chi connectivity index (χ2n) is 8.05. The monoisotopic (exact) mass is 485 g/mol. The van der Waals surface area contributed by atoms with Crippen LogP contribution in [-0.4, -0.2) is 84.4 Å². The lowest BCUT2D eigenvalue weighted by atomic mass is 10.2. The molecule has 0 radical (unpaired) electrons. The van der Waals surface area contributed by atoms with Gasteiger partial charge in [-0.05, 0) is 36.8 Å². The number of aromatic nitrogens is 2. The molecule has 1 aromatic carbocycles. The zero-order valence-electron chi connectivity index (χ0n) is 19.1. The van der Waals surface area contributed by atoms with Gasteiger partial charge in [-0.15, -0.1) is 0 Å². The second kappa shape index (κ2) is 11.3. The van der Waals surface area contributed by atoms with Gasteiger partial charge in [-0.1, -0.05) is 17.7 Å². The number of halogens is 1. The summed E-state index contributed by atoms with van der Waals surface area (Å²) in [5, 5.41) is 8.06. The minimum Gasteiger partial charge on any atom is -0.463 e. The van der Waals surface area contributed by atoms with Crippen molar-refractivity contribution < 1.29 is 18.7 Å². The largest absolute Gasteiger partial charge is 0.463 e. The molecule has 34 heavy (non-hydrogen) atoms. The lowest BCUT2D eigenvalue weighted by molar-refractivity contribution is -0.122. The highest BCUT2D eigenvalue weighted by atomic mass is 35.5. The third-order valence-corrected chi connectivity index (χ3v) is 5.86. The number of carbonyl (C=O) groups excluding carboxylic acids is 2. The van der Waals surface area contributed by atoms with E-state index >= 15 is 0 Å². The summed E-state index contributed by atoms with van der Waals surface area (Å²) in [5.41, 5.74) is 1.73. The number of amides is 2. The molecule has 180 valence electrons. The van der Waals surface area contributed by atoms with Crippen LogP contribution in [0.4, 0.5) is 0 Å². The molecule has 9 nitrogen and oxygen atoms in total. The maximum absolute atomic E-state index is 13.2. The lowest BCUT2D eigenvalue weighted by Gasteiger charge is -2.33. The van der Waals surface area contributed by atoms with E-state index in [0.717, 1.165) is 12.1 Å². The third kappa shape index (κ3) is 5.85. The Balaban J connectivity index is 1.41. The second-order valence-corrected chi connectivity index (χ2v) is 8.48. The van der Waals surface area contributed by atoms with Gasteiger partial charge in [0.15, 0.2) is 11.5 Å². The average Bonchev–Trinajstić information content (AvgIpc) is 3.52. The Kier molecular flexibility index (Phi) is 7.99.